The number of aromatic nitrogens is 2. The zero-order chi connectivity index (χ0) is 19.7. The van der Waals surface area contributed by atoms with Gasteiger partial charge in [-0.2, -0.15) is 0 Å². The summed E-state index contributed by atoms with van der Waals surface area (Å²) in [6, 6.07) is 5.58. The number of nitrogens with two attached hydrogens (primary N) is 1. The van der Waals surface area contributed by atoms with Crippen LogP contribution in [0.25, 0.3) is 21.7 Å². The highest BCUT2D eigenvalue weighted by atomic mass is 16.5. The van der Waals surface area contributed by atoms with Crippen molar-refractivity contribution in [2.45, 2.75) is 33.2 Å². The van der Waals surface area contributed by atoms with Gasteiger partial charge in [0.1, 0.15) is 6.61 Å². The molecule has 3 rings (SSSR count). The van der Waals surface area contributed by atoms with Gasteiger partial charge in [0.25, 0.3) is 5.56 Å². The Hall–Kier alpha value is -2.60. The molecule has 0 saturated carbocycles. The van der Waals surface area contributed by atoms with Crippen molar-refractivity contribution in [3.8, 4) is 11.5 Å². The molecule has 2 aromatic heterocycles. The van der Waals surface area contributed by atoms with E-state index in [1.807, 2.05) is 25.1 Å². The van der Waals surface area contributed by atoms with Crippen molar-refractivity contribution < 1.29 is 9.47 Å². The number of methoxy groups -OCH3 is 1. The topological polar surface area (TPSA) is 79.4 Å². The van der Waals surface area contributed by atoms with Crippen LogP contribution < -0.4 is 20.8 Å². The summed E-state index contributed by atoms with van der Waals surface area (Å²) in [7, 11) is 3.37. The average Bonchev–Trinajstić information content (AvgIpc) is 2.63. The van der Waals surface area contributed by atoms with E-state index < -0.39 is 0 Å². The largest absolute Gasteiger partial charge is 0.493 e. The van der Waals surface area contributed by atoms with Crippen molar-refractivity contribution in [2.24, 2.45) is 18.7 Å². The maximum Gasteiger partial charge on any atom is 0.260 e. The molecule has 2 N–H and O–H groups in total. The molecular formula is C21H27N3O3. The van der Waals surface area contributed by atoms with Gasteiger partial charge in [-0.25, -0.2) is 0 Å². The quantitative estimate of drug-likeness (QED) is 0.675. The van der Waals surface area contributed by atoms with E-state index in [1.165, 1.54) is 0 Å². The number of ether oxygens (including phenoxy) is 2. The molecule has 0 amide bonds. The van der Waals surface area contributed by atoms with E-state index in [2.05, 4.69) is 18.8 Å². The summed E-state index contributed by atoms with van der Waals surface area (Å²) in [5.41, 5.74) is 7.57. The van der Waals surface area contributed by atoms with E-state index in [4.69, 9.17) is 15.2 Å². The van der Waals surface area contributed by atoms with Crippen LogP contribution in [0, 0.1) is 12.8 Å². The second-order valence-corrected chi connectivity index (χ2v) is 7.40. The Morgan fingerprint density at radius 1 is 1.22 bits per heavy atom. The van der Waals surface area contributed by atoms with Crippen molar-refractivity contribution in [2.75, 3.05) is 13.7 Å². The number of fused-ring (bicyclic) bond motifs is 3. The molecule has 1 aromatic carbocycles. The van der Waals surface area contributed by atoms with E-state index in [9.17, 15) is 4.79 Å². The van der Waals surface area contributed by atoms with Gasteiger partial charge in [-0.1, -0.05) is 13.8 Å². The van der Waals surface area contributed by atoms with Crippen LogP contribution in [0.1, 0.15) is 26.0 Å². The second kappa shape index (κ2) is 7.56. The lowest BCUT2D eigenvalue weighted by Crippen LogP contribution is -2.29. The van der Waals surface area contributed by atoms with E-state index >= 15 is 0 Å². The number of nitrogens with zero attached hydrogens (tertiary/aromatic N) is 2. The Bertz CT molecular complexity index is 1040. The summed E-state index contributed by atoms with van der Waals surface area (Å²) in [5.74, 6) is 1.71. The number of pyridine rings is 2. The summed E-state index contributed by atoms with van der Waals surface area (Å²) in [6.07, 6.45) is 2.60. The molecule has 0 fully saturated rings. The highest BCUT2D eigenvalue weighted by Gasteiger charge is 2.16. The molecule has 144 valence electrons. The maximum atomic E-state index is 12.8. The van der Waals surface area contributed by atoms with Crippen LogP contribution in [-0.4, -0.2) is 29.3 Å². The van der Waals surface area contributed by atoms with Gasteiger partial charge < -0.3 is 19.8 Å². The van der Waals surface area contributed by atoms with Crippen molar-refractivity contribution in [1.82, 2.24) is 9.55 Å². The van der Waals surface area contributed by atoms with Gasteiger partial charge in [-0.15, -0.1) is 0 Å². The molecule has 0 aliphatic rings. The molecule has 0 radical (unpaired) electrons. The van der Waals surface area contributed by atoms with Gasteiger partial charge >= 0.3 is 0 Å². The minimum Gasteiger partial charge on any atom is -0.493 e. The van der Waals surface area contributed by atoms with Crippen molar-refractivity contribution in [3.63, 3.8) is 0 Å². The van der Waals surface area contributed by atoms with Crippen LogP contribution in [0.2, 0.25) is 0 Å². The van der Waals surface area contributed by atoms with Gasteiger partial charge in [-0.05, 0) is 31.4 Å². The number of aryl methyl sites for hydroxylation is 2. The fraction of sp³-hybridized carbons (Fsp3) is 0.429. The first-order valence-electron chi connectivity index (χ1n) is 9.18. The van der Waals surface area contributed by atoms with Gasteiger partial charge in [0, 0.05) is 36.1 Å². The average molecular weight is 369 g/mol. The van der Waals surface area contributed by atoms with Crippen LogP contribution in [0.5, 0.6) is 11.5 Å². The van der Waals surface area contributed by atoms with E-state index in [0.717, 1.165) is 22.7 Å². The Kier molecular flexibility index (Phi) is 5.37. The monoisotopic (exact) mass is 369 g/mol. The Morgan fingerprint density at radius 2 is 1.96 bits per heavy atom. The lowest BCUT2D eigenvalue weighted by molar-refractivity contribution is 0.258. The van der Waals surface area contributed by atoms with Gasteiger partial charge in [0.15, 0.2) is 11.5 Å². The smallest absolute Gasteiger partial charge is 0.260 e. The van der Waals surface area contributed by atoms with E-state index in [1.54, 1.807) is 24.9 Å². The molecule has 1 atom stereocenters. The molecule has 27 heavy (non-hydrogen) atoms. The summed E-state index contributed by atoms with van der Waals surface area (Å²) in [6.45, 7) is 6.51. The third kappa shape index (κ3) is 3.62. The first kappa shape index (κ1) is 19.2. The minimum absolute atomic E-state index is 0.0560. The molecule has 0 aliphatic carbocycles. The molecule has 0 aliphatic heterocycles. The number of rotatable bonds is 6. The first-order valence-corrected chi connectivity index (χ1v) is 9.18. The summed E-state index contributed by atoms with van der Waals surface area (Å²) in [4.78, 5) is 17.1. The molecule has 2 heterocycles. The molecule has 6 nitrogen and oxygen atoms in total. The summed E-state index contributed by atoms with van der Waals surface area (Å²) < 4.78 is 13.1. The van der Waals surface area contributed by atoms with Crippen molar-refractivity contribution in [3.05, 3.63) is 40.4 Å². The third-order valence-corrected chi connectivity index (χ3v) is 4.82. The van der Waals surface area contributed by atoms with Crippen LogP contribution in [0.3, 0.4) is 0 Å². The third-order valence-electron chi connectivity index (χ3n) is 4.82. The highest BCUT2D eigenvalue weighted by Crippen LogP contribution is 2.35. The summed E-state index contributed by atoms with van der Waals surface area (Å²) >= 11 is 0. The minimum atomic E-state index is -0.0734. The highest BCUT2D eigenvalue weighted by molar-refractivity contribution is 6.07. The molecular weight excluding hydrogens is 342 g/mol. The Balaban J connectivity index is 2.14. The number of benzene rings is 1. The zero-order valence-electron chi connectivity index (χ0n) is 16.6. The van der Waals surface area contributed by atoms with Crippen LogP contribution >= 0.6 is 0 Å². The first-order chi connectivity index (χ1) is 12.8. The SMILES string of the molecule is COc1cc2c3ccnc(C)c3c(=O)n(C)c2cc1OC[C@@H](N)CC(C)C. The van der Waals surface area contributed by atoms with Crippen LogP contribution in [0.4, 0.5) is 0 Å². The van der Waals surface area contributed by atoms with Gasteiger partial charge in [0.2, 0.25) is 0 Å². The predicted molar refractivity (Wildman–Crippen MR) is 109 cm³/mol. The van der Waals surface area contributed by atoms with Crippen molar-refractivity contribution in [1.29, 1.82) is 0 Å². The van der Waals surface area contributed by atoms with Crippen LogP contribution in [-0.2, 0) is 7.05 Å². The number of hydrogen-bond acceptors (Lipinski definition) is 5. The Morgan fingerprint density at radius 3 is 2.63 bits per heavy atom. The molecule has 0 spiro atoms. The zero-order valence-corrected chi connectivity index (χ0v) is 16.6. The maximum absolute atomic E-state index is 12.8. The second-order valence-electron chi connectivity index (χ2n) is 7.40. The number of hydrogen-bond donors (Lipinski definition) is 1. The molecule has 0 unspecified atom stereocenters. The fourth-order valence-electron chi connectivity index (χ4n) is 3.52. The molecule has 6 heteroatoms. The standard InChI is InChI=1S/C21H27N3O3/c1-12(2)8-14(22)11-27-19-10-17-16(9-18(19)26-5)15-6-7-23-13(3)20(15)21(25)24(17)4/h6-7,9-10,12,14H,8,11,22H2,1-5H3/t14-/m0/s1. The molecule has 0 saturated heterocycles. The van der Waals surface area contributed by atoms with Crippen LogP contribution in [0.15, 0.2) is 29.2 Å². The fourth-order valence-corrected chi connectivity index (χ4v) is 3.52. The van der Waals surface area contributed by atoms with E-state index in [-0.39, 0.29) is 11.6 Å². The lowest BCUT2D eigenvalue weighted by Gasteiger charge is -2.18. The molecule has 3 aromatic rings. The van der Waals surface area contributed by atoms with Gasteiger partial charge in [0.05, 0.1) is 23.7 Å². The van der Waals surface area contributed by atoms with Gasteiger partial charge in [-0.3, -0.25) is 9.78 Å². The van der Waals surface area contributed by atoms with Crippen molar-refractivity contribution >= 4 is 21.7 Å². The lowest BCUT2D eigenvalue weighted by atomic mass is 10.0. The van der Waals surface area contributed by atoms with E-state index in [0.29, 0.717) is 35.1 Å². The summed E-state index contributed by atoms with van der Waals surface area (Å²) in [5, 5.41) is 2.41. The Labute approximate surface area is 158 Å². The predicted octanol–water partition coefficient (Wildman–Crippen LogP) is 3.16. The normalized spacial score (nSPS) is 12.7. The molecule has 0 bridgehead atoms.